The van der Waals surface area contributed by atoms with E-state index in [1.54, 1.807) is 0 Å². The standard InChI is InChI=1S/C13H21NO/c15-12-5-3-11(4-6-12)14-13-8-9-1-2-10(13)7-9/h9-11,13-14H,1-8H2. The van der Waals surface area contributed by atoms with Crippen LogP contribution >= 0.6 is 0 Å². The largest absolute Gasteiger partial charge is 0.311 e. The van der Waals surface area contributed by atoms with Gasteiger partial charge in [0.15, 0.2) is 0 Å². The van der Waals surface area contributed by atoms with Gasteiger partial charge in [0.2, 0.25) is 0 Å². The van der Waals surface area contributed by atoms with E-state index in [0.29, 0.717) is 11.8 Å². The Balaban J connectivity index is 1.51. The smallest absolute Gasteiger partial charge is 0.133 e. The van der Waals surface area contributed by atoms with E-state index in [1.165, 1.54) is 25.7 Å². The molecule has 3 saturated carbocycles. The summed E-state index contributed by atoms with van der Waals surface area (Å²) in [6, 6.07) is 1.44. The van der Waals surface area contributed by atoms with Crippen LogP contribution in [0.1, 0.15) is 51.4 Å². The fourth-order valence-corrected chi connectivity index (χ4v) is 3.86. The van der Waals surface area contributed by atoms with Gasteiger partial charge in [-0.05, 0) is 43.9 Å². The van der Waals surface area contributed by atoms with Gasteiger partial charge in [-0.3, -0.25) is 4.79 Å². The molecule has 0 saturated heterocycles. The Bertz CT molecular complexity index is 253. The first-order chi connectivity index (χ1) is 7.31. The van der Waals surface area contributed by atoms with E-state index in [1.807, 2.05) is 0 Å². The second kappa shape index (κ2) is 3.89. The number of carbonyl (C=O) groups is 1. The molecule has 84 valence electrons. The van der Waals surface area contributed by atoms with Crippen LogP contribution in [-0.2, 0) is 4.79 Å². The predicted octanol–water partition coefficient (Wildman–Crippen LogP) is 2.28. The third kappa shape index (κ3) is 1.96. The number of ketones is 1. The highest BCUT2D eigenvalue weighted by Crippen LogP contribution is 2.44. The van der Waals surface area contributed by atoms with Crippen molar-refractivity contribution in [1.82, 2.24) is 5.32 Å². The normalized spacial score (nSPS) is 41.3. The summed E-state index contributed by atoms with van der Waals surface area (Å²) >= 11 is 0. The molecular formula is C13H21NO. The number of nitrogens with one attached hydrogen (secondary N) is 1. The van der Waals surface area contributed by atoms with Gasteiger partial charge in [-0.25, -0.2) is 0 Å². The van der Waals surface area contributed by atoms with E-state index in [0.717, 1.165) is 43.6 Å². The summed E-state index contributed by atoms with van der Waals surface area (Å²) in [5.74, 6) is 2.46. The van der Waals surface area contributed by atoms with Gasteiger partial charge in [-0.15, -0.1) is 0 Å². The van der Waals surface area contributed by atoms with Gasteiger partial charge in [-0.1, -0.05) is 6.42 Å². The molecule has 2 heteroatoms. The van der Waals surface area contributed by atoms with Crippen LogP contribution in [-0.4, -0.2) is 17.9 Å². The molecular weight excluding hydrogens is 186 g/mol. The molecule has 3 atom stereocenters. The van der Waals surface area contributed by atoms with Crippen LogP contribution in [0.3, 0.4) is 0 Å². The minimum atomic E-state index is 0.473. The molecule has 3 aliphatic rings. The summed E-state index contributed by atoms with van der Waals surface area (Å²) in [5, 5.41) is 3.82. The molecule has 0 heterocycles. The van der Waals surface area contributed by atoms with E-state index in [2.05, 4.69) is 5.32 Å². The van der Waals surface area contributed by atoms with Crippen molar-refractivity contribution in [2.45, 2.75) is 63.5 Å². The number of carbonyl (C=O) groups excluding carboxylic acids is 1. The molecule has 0 spiro atoms. The van der Waals surface area contributed by atoms with Gasteiger partial charge >= 0.3 is 0 Å². The molecule has 0 aromatic rings. The molecule has 1 N–H and O–H groups in total. The van der Waals surface area contributed by atoms with Crippen LogP contribution in [0.4, 0.5) is 0 Å². The number of rotatable bonds is 2. The quantitative estimate of drug-likeness (QED) is 0.752. The lowest BCUT2D eigenvalue weighted by molar-refractivity contribution is -0.120. The molecule has 0 amide bonds. The number of hydrogen-bond acceptors (Lipinski definition) is 2. The lowest BCUT2D eigenvalue weighted by atomic mass is 9.90. The molecule has 3 rings (SSSR count). The minimum absolute atomic E-state index is 0.473. The summed E-state index contributed by atoms with van der Waals surface area (Å²) in [7, 11) is 0. The summed E-state index contributed by atoms with van der Waals surface area (Å²) in [5.41, 5.74) is 0. The minimum Gasteiger partial charge on any atom is -0.311 e. The maximum atomic E-state index is 11.1. The molecule has 3 unspecified atom stereocenters. The summed E-state index contributed by atoms with van der Waals surface area (Å²) < 4.78 is 0. The highest BCUT2D eigenvalue weighted by molar-refractivity contribution is 5.79. The first-order valence-corrected chi connectivity index (χ1v) is 6.59. The molecule has 3 aliphatic carbocycles. The highest BCUT2D eigenvalue weighted by atomic mass is 16.1. The van der Waals surface area contributed by atoms with E-state index >= 15 is 0 Å². The van der Waals surface area contributed by atoms with Crippen molar-refractivity contribution >= 4 is 5.78 Å². The highest BCUT2D eigenvalue weighted by Gasteiger charge is 2.40. The van der Waals surface area contributed by atoms with Crippen LogP contribution in [0, 0.1) is 11.8 Å². The van der Waals surface area contributed by atoms with E-state index < -0.39 is 0 Å². The summed E-state index contributed by atoms with van der Waals surface area (Å²) in [4.78, 5) is 11.1. The van der Waals surface area contributed by atoms with Crippen LogP contribution in [0.2, 0.25) is 0 Å². The molecule has 0 aliphatic heterocycles. The zero-order chi connectivity index (χ0) is 10.3. The van der Waals surface area contributed by atoms with Crippen molar-refractivity contribution in [3.63, 3.8) is 0 Å². The third-order valence-corrected chi connectivity index (χ3v) is 4.73. The van der Waals surface area contributed by atoms with Crippen LogP contribution < -0.4 is 5.32 Å². The van der Waals surface area contributed by atoms with E-state index in [9.17, 15) is 4.79 Å². The Morgan fingerprint density at radius 2 is 1.80 bits per heavy atom. The average molecular weight is 207 g/mol. The van der Waals surface area contributed by atoms with Crippen molar-refractivity contribution in [3.05, 3.63) is 0 Å². The Hall–Kier alpha value is -0.370. The van der Waals surface area contributed by atoms with Gasteiger partial charge in [0.1, 0.15) is 5.78 Å². The zero-order valence-electron chi connectivity index (χ0n) is 9.37. The molecule has 3 fully saturated rings. The van der Waals surface area contributed by atoms with Gasteiger partial charge in [-0.2, -0.15) is 0 Å². The topological polar surface area (TPSA) is 29.1 Å². The first kappa shape index (κ1) is 9.83. The van der Waals surface area contributed by atoms with Gasteiger partial charge in [0.05, 0.1) is 0 Å². The Morgan fingerprint density at radius 3 is 2.40 bits per heavy atom. The van der Waals surface area contributed by atoms with Gasteiger partial charge in [0.25, 0.3) is 0 Å². The fourth-order valence-electron chi connectivity index (χ4n) is 3.86. The third-order valence-electron chi connectivity index (χ3n) is 4.73. The van der Waals surface area contributed by atoms with Crippen LogP contribution in [0.5, 0.6) is 0 Å². The summed E-state index contributed by atoms with van der Waals surface area (Å²) in [6.07, 6.45) is 9.63. The molecule has 2 nitrogen and oxygen atoms in total. The van der Waals surface area contributed by atoms with Crippen LogP contribution in [0.25, 0.3) is 0 Å². The molecule has 0 aromatic carbocycles. The zero-order valence-corrected chi connectivity index (χ0v) is 9.37. The molecule has 2 bridgehead atoms. The van der Waals surface area contributed by atoms with Crippen molar-refractivity contribution in [2.24, 2.45) is 11.8 Å². The van der Waals surface area contributed by atoms with E-state index in [4.69, 9.17) is 0 Å². The SMILES string of the molecule is O=C1CCC(NC2CC3CCC2C3)CC1. The predicted molar refractivity (Wildman–Crippen MR) is 59.6 cm³/mol. The maximum absolute atomic E-state index is 11.1. The second-order valence-electron chi connectivity index (χ2n) is 5.76. The molecule has 0 radical (unpaired) electrons. The summed E-state index contributed by atoms with van der Waals surface area (Å²) in [6.45, 7) is 0. The average Bonchev–Trinajstić information content (AvgIpc) is 2.83. The molecule has 0 aromatic heterocycles. The fraction of sp³-hybridized carbons (Fsp3) is 0.923. The van der Waals surface area contributed by atoms with Crippen molar-refractivity contribution < 1.29 is 4.79 Å². The van der Waals surface area contributed by atoms with Crippen LogP contribution in [0.15, 0.2) is 0 Å². The number of hydrogen-bond donors (Lipinski definition) is 1. The van der Waals surface area contributed by atoms with Crippen molar-refractivity contribution in [2.75, 3.05) is 0 Å². The Morgan fingerprint density at radius 1 is 1.00 bits per heavy atom. The van der Waals surface area contributed by atoms with E-state index in [-0.39, 0.29) is 0 Å². The number of Topliss-reactive ketones (excluding diaryl/α,β-unsaturated/α-hetero) is 1. The second-order valence-corrected chi connectivity index (χ2v) is 5.76. The number of fused-ring (bicyclic) bond motifs is 2. The van der Waals surface area contributed by atoms with Crippen molar-refractivity contribution in [1.29, 1.82) is 0 Å². The Labute approximate surface area is 91.8 Å². The molecule has 15 heavy (non-hydrogen) atoms. The van der Waals surface area contributed by atoms with Crippen molar-refractivity contribution in [3.8, 4) is 0 Å². The first-order valence-electron chi connectivity index (χ1n) is 6.59. The lowest BCUT2D eigenvalue weighted by Gasteiger charge is -2.30. The van der Waals surface area contributed by atoms with Gasteiger partial charge in [0, 0.05) is 24.9 Å². The monoisotopic (exact) mass is 207 g/mol. The lowest BCUT2D eigenvalue weighted by Crippen LogP contribution is -2.43. The Kier molecular flexibility index (Phi) is 2.55. The van der Waals surface area contributed by atoms with Gasteiger partial charge < -0.3 is 5.32 Å². The maximum Gasteiger partial charge on any atom is 0.133 e.